The lowest BCUT2D eigenvalue weighted by molar-refractivity contribution is 0.512. The number of nitrogens with two attached hydrogens (primary N) is 2. The zero-order chi connectivity index (χ0) is 10.2. The topological polar surface area (TPSA) is 67.8 Å². The molecule has 0 spiro atoms. The molecule has 0 radical (unpaired) electrons. The molecule has 1 unspecified atom stereocenters. The maximum Gasteiger partial charge on any atom is 0.0511 e. The van der Waals surface area contributed by atoms with Crippen LogP contribution in [0.25, 0.3) is 10.9 Å². The lowest BCUT2D eigenvalue weighted by Crippen LogP contribution is -2.40. The van der Waals surface area contributed by atoms with Gasteiger partial charge >= 0.3 is 0 Å². The Morgan fingerprint density at radius 1 is 1.36 bits per heavy atom. The monoisotopic (exact) mass is 189 g/mol. The van der Waals surface area contributed by atoms with Crippen LogP contribution in [0.1, 0.15) is 12.5 Å². The van der Waals surface area contributed by atoms with Crippen molar-refractivity contribution in [1.82, 2.24) is 4.98 Å². The molecule has 3 nitrogen and oxygen atoms in total. The van der Waals surface area contributed by atoms with Crippen LogP contribution in [0.3, 0.4) is 0 Å². The Morgan fingerprint density at radius 3 is 2.86 bits per heavy atom. The molecule has 0 fully saturated rings. The number of aromatic amines is 1. The third-order valence-corrected chi connectivity index (χ3v) is 2.63. The highest BCUT2D eigenvalue weighted by molar-refractivity contribution is 5.83. The predicted molar refractivity (Wildman–Crippen MR) is 58.9 cm³/mol. The summed E-state index contributed by atoms with van der Waals surface area (Å²) in [6.07, 6.45) is 1.92. The highest BCUT2D eigenvalue weighted by Crippen LogP contribution is 2.25. The first-order valence-corrected chi connectivity index (χ1v) is 4.71. The third kappa shape index (κ3) is 1.31. The average Bonchev–Trinajstić information content (AvgIpc) is 2.64. The molecule has 1 aromatic heterocycles. The van der Waals surface area contributed by atoms with Gasteiger partial charge in [0.05, 0.1) is 5.54 Å². The lowest BCUT2D eigenvalue weighted by Gasteiger charge is -2.23. The van der Waals surface area contributed by atoms with Crippen molar-refractivity contribution in [3.05, 3.63) is 36.0 Å². The van der Waals surface area contributed by atoms with E-state index in [1.807, 2.05) is 37.4 Å². The summed E-state index contributed by atoms with van der Waals surface area (Å²) in [6, 6.07) is 8.09. The van der Waals surface area contributed by atoms with Gasteiger partial charge in [-0.2, -0.15) is 0 Å². The number of aromatic nitrogens is 1. The summed E-state index contributed by atoms with van der Waals surface area (Å²) in [7, 11) is 0. The van der Waals surface area contributed by atoms with E-state index in [-0.39, 0.29) is 0 Å². The van der Waals surface area contributed by atoms with Crippen LogP contribution in [0.15, 0.2) is 30.5 Å². The van der Waals surface area contributed by atoms with E-state index in [4.69, 9.17) is 11.5 Å². The fraction of sp³-hybridized carbons (Fsp3) is 0.273. The van der Waals surface area contributed by atoms with Crippen molar-refractivity contribution in [3.8, 4) is 0 Å². The summed E-state index contributed by atoms with van der Waals surface area (Å²) >= 11 is 0. The van der Waals surface area contributed by atoms with Gasteiger partial charge in [-0.25, -0.2) is 0 Å². The van der Waals surface area contributed by atoms with E-state index in [9.17, 15) is 0 Å². The van der Waals surface area contributed by atoms with Gasteiger partial charge in [0.25, 0.3) is 0 Å². The Labute approximate surface area is 83.1 Å². The van der Waals surface area contributed by atoms with Gasteiger partial charge < -0.3 is 16.5 Å². The Hall–Kier alpha value is -1.32. The highest BCUT2D eigenvalue weighted by atomic mass is 14.8. The van der Waals surface area contributed by atoms with Crippen LogP contribution < -0.4 is 11.5 Å². The van der Waals surface area contributed by atoms with Crippen molar-refractivity contribution >= 4 is 10.9 Å². The molecule has 0 saturated carbocycles. The maximum absolute atomic E-state index is 6.12. The number of benzene rings is 1. The van der Waals surface area contributed by atoms with E-state index in [0.717, 1.165) is 16.5 Å². The maximum atomic E-state index is 6.12. The molecule has 2 aromatic rings. The number of hydrogen-bond acceptors (Lipinski definition) is 2. The van der Waals surface area contributed by atoms with Crippen LogP contribution >= 0.6 is 0 Å². The summed E-state index contributed by atoms with van der Waals surface area (Å²) in [5.74, 6) is 0. The number of nitrogens with one attached hydrogen (secondary N) is 1. The molecule has 0 aliphatic carbocycles. The van der Waals surface area contributed by atoms with Gasteiger partial charge in [0.2, 0.25) is 0 Å². The van der Waals surface area contributed by atoms with E-state index < -0.39 is 5.54 Å². The molecule has 2 rings (SSSR count). The SMILES string of the molecule is CC(N)(CN)c1cccc2[nH]ccc12. The minimum atomic E-state index is -0.457. The zero-order valence-electron chi connectivity index (χ0n) is 8.25. The normalized spacial score (nSPS) is 15.6. The van der Waals surface area contributed by atoms with Gasteiger partial charge in [-0.15, -0.1) is 0 Å². The molecule has 0 saturated heterocycles. The van der Waals surface area contributed by atoms with Crippen LogP contribution in [0.2, 0.25) is 0 Å². The van der Waals surface area contributed by atoms with Crippen LogP contribution in [-0.2, 0) is 5.54 Å². The molecule has 5 N–H and O–H groups in total. The average molecular weight is 189 g/mol. The Bertz CT molecular complexity index is 442. The summed E-state index contributed by atoms with van der Waals surface area (Å²) < 4.78 is 0. The van der Waals surface area contributed by atoms with Gasteiger partial charge in [-0.1, -0.05) is 12.1 Å². The van der Waals surface area contributed by atoms with Crippen LogP contribution in [0.5, 0.6) is 0 Å². The van der Waals surface area contributed by atoms with Crippen molar-refractivity contribution in [2.24, 2.45) is 11.5 Å². The molecule has 0 amide bonds. The van der Waals surface area contributed by atoms with E-state index in [1.165, 1.54) is 0 Å². The lowest BCUT2D eigenvalue weighted by atomic mass is 9.91. The smallest absolute Gasteiger partial charge is 0.0511 e. The third-order valence-electron chi connectivity index (χ3n) is 2.63. The van der Waals surface area contributed by atoms with Gasteiger partial charge in [-0.3, -0.25) is 0 Å². The van der Waals surface area contributed by atoms with Crippen LogP contribution in [0, 0.1) is 0 Å². The first-order valence-electron chi connectivity index (χ1n) is 4.71. The molecule has 1 heterocycles. The number of hydrogen-bond donors (Lipinski definition) is 3. The quantitative estimate of drug-likeness (QED) is 0.666. The van der Waals surface area contributed by atoms with Crippen molar-refractivity contribution in [2.75, 3.05) is 6.54 Å². The summed E-state index contributed by atoms with van der Waals surface area (Å²) in [6.45, 7) is 2.39. The Balaban J connectivity index is 2.67. The van der Waals surface area contributed by atoms with E-state index in [2.05, 4.69) is 4.98 Å². The van der Waals surface area contributed by atoms with Gasteiger partial charge in [0.1, 0.15) is 0 Å². The van der Waals surface area contributed by atoms with Crippen molar-refractivity contribution < 1.29 is 0 Å². The van der Waals surface area contributed by atoms with Crippen molar-refractivity contribution in [2.45, 2.75) is 12.5 Å². The van der Waals surface area contributed by atoms with Crippen LogP contribution in [-0.4, -0.2) is 11.5 Å². The van der Waals surface area contributed by atoms with E-state index in [0.29, 0.717) is 6.54 Å². The number of fused-ring (bicyclic) bond motifs is 1. The largest absolute Gasteiger partial charge is 0.361 e. The molecule has 0 aliphatic rings. The molecule has 1 atom stereocenters. The Kier molecular flexibility index (Phi) is 2.06. The fourth-order valence-corrected chi connectivity index (χ4v) is 1.69. The zero-order valence-corrected chi connectivity index (χ0v) is 8.25. The molecule has 74 valence electrons. The minimum absolute atomic E-state index is 0.442. The number of rotatable bonds is 2. The van der Waals surface area contributed by atoms with Crippen molar-refractivity contribution in [1.29, 1.82) is 0 Å². The standard InChI is InChI=1S/C11H15N3/c1-11(13,7-12)9-3-2-4-10-8(9)5-6-14-10/h2-6,14H,7,12-13H2,1H3. The highest BCUT2D eigenvalue weighted by Gasteiger charge is 2.21. The Morgan fingerprint density at radius 2 is 2.14 bits per heavy atom. The molecule has 0 aliphatic heterocycles. The molecular formula is C11H15N3. The number of H-pyrrole nitrogens is 1. The fourth-order valence-electron chi connectivity index (χ4n) is 1.69. The van der Waals surface area contributed by atoms with Gasteiger partial charge in [0, 0.05) is 23.6 Å². The van der Waals surface area contributed by atoms with Gasteiger partial charge in [-0.05, 0) is 24.6 Å². The second-order valence-electron chi connectivity index (χ2n) is 3.87. The van der Waals surface area contributed by atoms with E-state index in [1.54, 1.807) is 0 Å². The molecular weight excluding hydrogens is 174 g/mol. The van der Waals surface area contributed by atoms with Crippen molar-refractivity contribution in [3.63, 3.8) is 0 Å². The molecule has 3 heteroatoms. The predicted octanol–water partition coefficient (Wildman–Crippen LogP) is 1.30. The summed E-state index contributed by atoms with van der Waals surface area (Å²) in [5.41, 5.74) is 13.5. The molecule has 1 aromatic carbocycles. The second-order valence-corrected chi connectivity index (χ2v) is 3.87. The second kappa shape index (κ2) is 3.12. The molecule has 0 bridgehead atoms. The summed E-state index contributed by atoms with van der Waals surface area (Å²) in [5, 5.41) is 1.16. The summed E-state index contributed by atoms with van der Waals surface area (Å²) in [4.78, 5) is 3.16. The minimum Gasteiger partial charge on any atom is -0.361 e. The van der Waals surface area contributed by atoms with E-state index >= 15 is 0 Å². The van der Waals surface area contributed by atoms with Crippen LogP contribution in [0.4, 0.5) is 0 Å². The first kappa shape index (κ1) is 9.24. The molecule has 14 heavy (non-hydrogen) atoms. The van der Waals surface area contributed by atoms with Gasteiger partial charge in [0.15, 0.2) is 0 Å². The first-order chi connectivity index (χ1) is 6.65.